The fourth-order valence-corrected chi connectivity index (χ4v) is 1.39. The third-order valence-corrected chi connectivity index (χ3v) is 2.46. The number of rotatable bonds is 3. The second-order valence-corrected chi connectivity index (χ2v) is 3.57. The van der Waals surface area contributed by atoms with E-state index in [0.717, 1.165) is 16.6 Å². The molecular weight excluding hydrogens is 228 g/mol. The molecule has 1 N–H and O–H groups in total. The Morgan fingerprint density at radius 1 is 1.54 bits per heavy atom. The molecule has 0 aromatic heterocycles. The fraction of sp³-hybridized carbons (Fsp3) is 0.300. The van der Waals surface area contributed by atoms with E-state index in [2.05, 4.69) is 27.3 Å². The van der Waals surface area contributed by atoms with Crippen molar-refractivity contribution in [2.75, 3.05) is 5.32 Å². The number of anilines is 1. The Bertz CT molecular complexity index is 317. The molecular formula is C10H11BrN2. The predicted molar refractivity (Wildman–Crippen MR) is 57.5 cm³/mol. The molecule has 1 rings (SSSR count). The van der Waals surface area contributed by atoms with E-state index in [-0.39, 0.29) is 6.04 Å². The van der Waals surface area contributed by atoms with Gasteiger partial charge in [0.25, 0.3) is 0 Å². The number of nitrogens with zero attached hydrogens (tertiary/aromatic N) is 1. The lowest BCUT2D eigenvalue weighted by Crippen LogP contribution is -2.15. The van der Waals surface area contributed by atoms with Crippen LogP contribution in [0.25, 0.3) is 0 Å². The summed E-state index contributed by atoms with van der Waals surface area (Å²) in [5.41, 5.74) is 0.968. The standard InChI is InChI=1S/C10H11BrN2/c1-2-8(7-12)13-10-6-4-3-5-9(10)11/h3-6,8,13H,2H2,1H3. The van der Waals surface area contributed by atoms with Crippen LogP contribution in [0.1, 0.15) is 13.3 Å². The van der Waals surface area contributed by atoms with Gasteiger partial charge in [0.15, 0.2) is 0 Å². The van der Waals surface area contributed by atoms with Crippen molar-refractivity contribution in [3.8, 4) is 6.07 Å². The molecule has 0 saturated carbocycles. The Labute approximate surface area is 86.7 Å². The Kier molecular flexibility index (Phi) is 3.78. The van der Waals surface area contributed by atoms with E-state index < -0.39 is 0 Å². The fourth-order valence-electron chi connectivity index (χ4n) is 0.992. The molecule has 0 amide bonds. The Morgan fingerprint density at radius 3 is 2.77 bits per heavy atom. The molecule has 1 aromatic rings. The molecule has 1 aromatic carbocycles. The molecule has 0 radical (unpaired) electrons. The highest BCUT2D eigenvalue weighted by molar-refractivity contribution is 9.10. The summed E-state index contributed by atoms with van der Waals surface area (Å²) in [6.45, 7) is 1.98. The van der Waals surface area contributed by atoms with E-state index in [1.54, 1.807) is 0 Å². The van der Waals surface area contributed by atoms with Crippen molar-refractivity contribution >= 4 is 21.6 Å². The lowest BCUT2D eigenvalue weighted by Gasteiger charge is -2.11. The van der Waals surface area contributed by atoms with Gasteiger partial charge in [-0.15, -0.1) is 0 Å². The quantitative estimate of drug-likeness (QED) is 0.879. The smallest absolute Gasteiger partial charge is 0.114 e. The number of halogens is 1. The van der Waals surface area contributed by atoms with Crippen molar-refractivity contribution in [1.29, 1.82) is 5.26 Å². The number of para-hydroxylation sites is 1. The number of nitriles is 1. The van der Waals surface area contributed by atoms with Gasteiger partial charge in [0, 0.05) is 10.2 Å². The van der Waals surface area contributed by atoms with E-state index >= 15 is 0 Å². The summed E-state index contributed by atoms with van der Waals surface area (Å²) < 4.78 is 0.990. The molecule has 0 heterocycles. The van der Waals surface area contributed by atoms with Crippen LogP contribution in [0.4, 0.5) is 5.69 Å². The molecule has 68 valence electrons. The molecule has 0 bridgehead atoms. The molecule has 0 saturated heterocycles. The molecule has 3 heteroatoms. The Morgan fingerprint density at radius 2 is 2.23 bits per heavy atom. The Balaban J connectivity index is 2.74. The zero-order chi connectivity index (χ0) is 9.68. The van der Waals surface area contributed by atoms with Gasteiger partial charge in [0.1, 0.15) is 6.04 Å². The van der Waals surface area contributed by atoms with Crippen LogP contribution in [0.5, 0.6) is 0 Å². The second-order valence-electron chi connectivity index (χ2n) is 2.71. The van der Waals surface area contributed by atoms with Crippen LogP contribution in [0.15, 0.2) is 28.7 Å². The van der Waals surface area contributed by atoms with Crippen LogP contribution in [0.3, 0.4) is 0 Å². The zero-order valence-electron chi connectivity index (χ0n) is 7.42. The SMILES string of the molecule is CCC(C#N)Nc1ccccc1Br. The maximum Gasteiger partial charge on any atom is 0.114 e. The molecule has 0 aliphatic heterocycles. The highest BCUT2D eigenvalue weighted by atomic mass is 79.9. The van der Waals surface area contributed by atoms with E-state index in [9.17, 15) is 0 Å². The zero-order valence-corrected chi connectivity index (χ0v) is 9.01. The van der Waals surface area contributed by atoms with Crippen LogP contribution < -0.4 is 5.32 Å². The predicted octanol–water partition coefficient (Wildman–Crippen LogP) is 3.16. The van der Waals surface area contributed by atoms with E-state index in [1.165, 1.54) is 0 Å². The first kappa shape index (κ1) is 10.1. The Hall–Kier alpha value is -1.01. The molecule has 2 nitrogen and oxygen atoms in total. The largest absolute Gasteiger partial charge is 0.369 e. The van der Waals surface area contributed by atoms with Gasteiger partial charge in [-0.2, -0.15) is 5.26 Å². The van der Waals surface area contributed by atoms with Crippen molar-refractivity contribution < 1.29 is 0 Å². The van der Waals surface area contributed by atoms with Gasteiger partial charge in [-0.05, 0) is 34.5 Å². The van der Waals surface area contributed by atoms with Gasteiger partial charge in [-0.25, -0.2) is 0 Å². The molecule has 13 heavy (non-hydrogen) atoms. The van der Waals surface area contributed by atoms with Gasteiger partial charge in [0.2, 0.25) is 0 Å². The molecule has 0 spiro atoms. The summed E-state index contributed by atoms with van der Waals surface area (Å²) in [7, 11) is 0. The summed E-state index contributed by atoms with van der Waals surface area (Å²) in [5, 5.41) is 11.9. The molecule has 0 aliphatic rings. The lowest BCUT2D eigenvalue weighted by atomic mass is 10.2. The normalized spacial score (nSPS) is 11.8. The van der Waals surface area contributed by atoms with Gasteiger partial charge in [-0.3, -0.25) is 0 Å². The summed E-state index contributed by atoms with van der Waals surface area (Å²) in [6.07, 6.45) is 0.803. The average Bonchev–Trinajstić information content (AvgIpc) is 2.17. The molecule has 1 atom stereocenters. The van der Waals surface area contributed by atoms with Crippen LogP contribution in [0.2, 0.25) is 0 Å². The number of nitrogens with one attached hydrogen (secondary N) is 1. The van der Waals surface area contributed by atoms with Gasteiger partial charge in [0.05, 0.1) is 6.07 Å². The first-order chi connectivity index (χ1) is 6.27. The van der Waals surface area contributed by atoms with Crippen LogP contribution in [0, 0.1) is 11.3 Å². The molecule has 0 fully saturated rings. The van der Waals surface area contributed by atoms with Gasteiger partial charge in [-0.1, -0.05) is 19.1 Å². The van der Waals surface area contributed by atoms with Crippen molar-refractivity contribution in [2.24, 2.45) is 0 Å². The lowest BCUT2D eigenvalue weighted by molar-refractivity contribution is 0.844. The highest BCUT2D eigenvalue weighted by Gasteiger charge is 2.04. The monoisotopic (exact) mass is 238 g/mol. The highest BCUT2D eigenvalue weighted by Crippen LogP contribution is 2.22. The van der Waals surface area contributed by atoms with Crippen molar-refractivity contribution in [2.45, 2.75) is 19.4 Å². The first-order valence-corrected chi connectivity index (χ1v) is 4.98. The minimum Gasteiger partial charge on any atom is -0.369 e. The van der Waals surface area contributed by atoms with Crippen LogP contribution in [-0.4, -0.2) is 6.04 Å². The maximum absolute atomic E-state index is 8.75. The summed E-state index contributed by atoms with van der Waals surface area (Å²) in [4.78, 5) is 0. The minimum atomic E-state index is -0.112. The van der Waals surface area contributed by atoms with E-state index in [1.807, 2.05) is 31.2 Å². The third kappa shape index (κ3) is 2.74. The van der Waals surface area contributed by atoms with Gasteiger partial charge >= 0.3 is 0 Å². The average molecular weight is 239 g/mol. The van der Waals surface area contributed by atoms with Crippen molar-refractivity contribution in [3.05, 3.63) is 28.7 Å². The van der Waals surface area contributed by atoms with Crippen molar-refractivity contribution in [3.63, 3.8) is 0 Å². The number of hydrogen-bond acceptors (Lipinski definition) is 2. The minimum absolute atomic E-state index is 0.112. The second kappa shape index (κ2) is 4.88. The third-order valence-electron chi connectivity index (χ3n) is 1.77. The molecule has 1 unspecified atom stereocenters. The topological polar surface area (TPSA) is 35.8 Å². The van der Waals surface area contributed by atoms with E-state index in [0.29, 0.717) is 0 Å². The first-order valence-electron chi connectivity index (χ1n) is 4.18. The maximum atomic E-state index is 8.75. The van der Waals surface area contributed by atoms with Gasteiger partial charge < -0.3 is 5.32 Å². The van der Waals surface area contributed by atoms with E-state index in [4.69, 9.17) is 5.26 Å². The summed E-state index contributed by atoms with van der Waals surface area (Å²) in [5.74, 6) is 0. The number of hydrogen-bond donors (Lipinski definition) is 1. The summed E-state index contributed by atoms with van der Waals surface area (Å²) in [6, 6.07) is 9.87. The van der Waals surface area contributed by atoms with Crippen LogP contribution in [-0.2, 0) is 0 Å². The molecule has 0 aliphatic carbocycles. The van der Waals surface area contributed by atoms with Crippen molar-refractivity contribution in [1.82, 2.24) is 0 Å². The summed E-state index contributed by atoms with van der Waals surface area (Å²) >= 11 is 3.41. The number of benzene rings is 1. The van der Waals surface area contributed by atoms with Crippen LogP contribution >= 0.6 is 15.9 Å².